The van der Waals surface area contributed by atoms with E-state index in [0.717, 1.165) is 0 Å². The minimum absolute atomic E-state index is 0.0153. The Labute approximate surface area is 82.2 Å². The zero-order valence-corrected chi connectivity index (χ0v) is 8.08. The molecule has 2 unspecified atom stereocenters. The number of hydrogen-bond acceptors (Lipinski definition) is 4. The van der Waals surface area contributed by atoms with Crippen LogP contribution in [0.4, 0.5) is 0 Å². The number of ether oxygens (including phenoxy) is 1. The lowest BCUT2D eigenvalue weighted by atomic mass is 10.0. The maximum atomic E-state index is 11.4. The van der Waals surface area contributed by atoms with E-state index in [4.69, 9.17) is 10.5 Å². The molecule has 0 aromatic heterocycles. The predicted molar refractivity (Wildman–Crippen MR) is 49.4 cm³/mol. The quantitative estimate of drug-likeness (QED) is 0.484. The molecule has 0 radical (unpaired) electrons. The van der Waals surface area contributed by atoms with E-state index in [1.165, 1.54) is 7.05 Å². The zero-order chi connectivity index (χ0) is 10.6. The number of hydrogen-bond donors (Lipinski definition) is 3. The molecular formula is C8H15N3O3. The molecule has 1 fully saturated rings. The predicted octanol–water partition coefficient (Wildman–Crippen LogP) is -2.18. The summed E-state index contributed by atoms with van der Waals surface area (Å²) < 4.78 is 5.04. The molecule has 0 aromatic rings. The van der Waals surface area contributed by atoms with Crippen molar-refractivity contribution in [3.05, 3.63) is 0 Å². The van der Waals surface area contributed by atoms with Crippen LogP contribution in [0.5, 0.6) is 0 Å². The number of carbonyl (C=O) groups excluding carboxylic acids is 2. The molecule has 4 N–H and O–H groups in total. The van der Waals surface area contributed by atoms with Crippen molar-refractivity contribution in [2.45, 2.75) is 6.04 Å². The zero-order valence-electron chi connectivity index (χ0n) is 8.08. The number of amides is 2. The first-order valence-corrected chi connectivity index (χ1v) is 4.46. The molecule has 2 atom stereocenters. The molecule has 2 amide bonds. The molecule has 14 heavy (non-hydrogen) atoms. The Morgan fingerprint density at radius 1 is 1.50 bits per heavy atom. The molecule has 1 aliphatic rings. The van der Waals surface area contributed by atoms with Crippen molar-refractivity contribution in [1.29, 1.82) is 0 Å². The minimum Gasteiger partial charge on any atom is -0.379 e. The van der Waals surface area contributed by atoms with Gasteiger partial charge in [-0.2, -0.15) is 0 Å². The van der Waals surface area contributed by atoms with E-state index in [9.17, 15) is 9.59 Å². The molecule has 1 rings (SSSR count). The van der Waals surface area contributed by atoms with Crippen LogP contribution in [0.1, 0.15) is 0 Å². The summed E-state index contributed by atoms with van der Waals surface area (Å²) >= 11 is 0. The highest BCUT2D eigenvalue weighted by molar-refractivity contribution is 5.86. The van der Waals surface area contributed by atoms with E-state index in [2.05, 4.69) is 10.6 Å². The molecule has 0 bridgehead atoms. The first kappa shape index (κ1) is 10.9. The smallest absolute Gasteiger partial charge is 0.239 e. The van der Waals surface area contributed by atoms with E-state index in [1.54, 1.807) is 0 Å². The normalized spacial score (nSPS) is 25.9. The van der Waals surface area contributed by atoms with Gasteiger partial charge in [0.25, 0.3) is 0 Å². The number of rotatable bonds is 3. The van der Waals surface area contributed by atoms with Crippen molar-refractivity contribution in [2.24, 2.45) is 11.7 Å². The number of carbonyl (C=O) groups is 2. The summed E-state index contributed by atoms with van der Waals surface area (Å²) in [5.74, 6) is -0.788. The highest BCUT2D eigenvalue weighted by Crippen LogP contribution is 2.10. The van der Waals surface area contributed by atoms with Crippen LogP contribution < -0.4 is 16.4 Å². The average Bonchev–Trinajstić information content (AvgIpc) is 2.60. The Morgan fingerprint density at radius 2 is 2.21 bits per heavy atom. The molecule has 1 saturated heterocycles. The summed E-state index contributed by atoms with van der Waals surface area (Å²) in [7, 11) is 1.51. The fourth-order valence-corrected chi connectivity index (χ4v) is 1.23. The maximum absolute atomic E-state index is 11.4. The lowest BCUT2D eigenvalue weighted by Crippen LogP contribution is -2.44. The Balaban J connectivity index is 2.31. The van der Waals surface area contributed by atoms with E-state index in [-0.39, 0.29) is 30.3 Å². The molecule has 1 heterocycles. The topological polar surface area (TPSA) is 93.5 Å². The molecule has 6 heteroatoms. The van der Waals surface area contributed by atoms with Gasteiger partial charge in [-0.15, -0.1) is 0 Å². The van der Waals surface area contributed by atoms with Crippen molar-refractivity contribution in [1.82, 2.24) is 10.6 Å². The van der Waals surface area contributed by atoms with Gasteiger partial charge in [0.2, 0.25) is 11.8 Å². The Bertz CT molecular complexity index is 232. The van der Waals surface area contributed by atoms with Crippen LogP contribution in [0.2, 0.25) is 0 Å². The summed E-state index contributed by atoms with van der Waals surface area (Å²) in [4.78, 5) is 22.2. The summed E-state index contributed by atoms with van der Waals surface area (Å²) in [5, 5.41) is 4.90. The lowest BCUT2D eigenvalue weighted by Gasteiger charge is -2.12. The summed E-state index contributed by atoms with van der Waals surface area (Å²) in [6, 6.07) is -0.264. The first-order chi connectivity index (χ1) is 6.65. The third kappa shape index (κ3) is 2.68. The maximum Gasteiger partial charge on any atom is 0.239 e. The molecule has 1 aliphatic heterocycles. The van der Waals surface area contributed by atoms with Crippen LogP contribution in [0.15, 0.2) is 0 Å². The third-order valence-electron chi connectivity index (χ3n) is 2.16. The summed E-state index contributed by atoms with van der Waals surface area (Å²) in [5.41, 5.74) is 5.63. The summed E-state index contributed by atoms with van der Waals surface area (Å²) in [6.45, 7) is 0.720. The van der Waals surface area contributed by atoms with Crippen LogP contribution in [0, 0.1) is 5.92 Å². The van der Waals surface area contributed by atoms with Crippen molar-refractivity contribution in [3.8, 4) is 0 Å². The van der Waals surface area contributed by atoms with Crippen LogP contribution in [-0.2, 0) is 14.3 Å². The Hall–Kier alpha value is -1.14. The SMILES string of the molecule is CNC(=O)CNC(=O)C1COCC1N. The van der Waals surface area contributed by atoms with Gasteiger partial charge < -0.3 is 21.1 Å². The largest absolute Gasteiger partial charge is 0.379 e. The van der Waals surface area contributed by atoms with Gasteiger partial charge in [0, 0.05) is 13.1 Å². The van der Waals surface area contributed by atoms with E-state index in [0.29, 0.717) is 13.2 Å². The van der Waals surface area contributed by atoms with Gasteiger partial charge in [0.1, 0.15) is 0 Å². The molecule has 0 aromatic carbocycles. The number of likely N-dealkylation sites (N-methyl/N-ethyl adjacent to an activating group) is 1. The first-order valence-electron chi connectivity index (χ1n) is 4.46. The Morgan fingerprint density at radius 3 is 2.71 bits per heavy atom. The highest BCUT2D eigenvalue weighted by Gasteiger charge is 2.31. The average molecular weight is 201 g/mol. The lowest BCUT2D eigenvalue weighted by molar-refractivity contribution is -0.128. The molecule has 6 nitrogen and oxygen atoms in total. The molecule has 0 spiro atoms. The molecule has 0 saturated carbocycles. The Kier molecular flexibility index (Phi) is 3.84. The van der Waals surface area contributed by atoms with Crippen molar-refractivity contribution in [2.75, 3.05) is 26.8 Å². The highest BCUT2D eigenvalue weighted by atomic mass is 16.5. The van der Waals surface area contributed by atoms with Gasteiger partial charge in [-0.05, 0) is 0 Å². The van der Waals surface area contributed by atoms with Gasteiger partial charge in [-0.1, -0.05) is 0 Å². The van der Waals surface area contributed by atoms with Crippen LogP contribution >= 0.6 is 0 Å². The van der Waals surface area contributed by atoms with E-state index in [1.807, 2.05) is 0 Å². The van der Waals surface area contributed by atoms with Gasteiger partial charge in [0.05, 0.1) is 25.7 Å². The third-order valence-corrected chi connectivity index (χ3v) is 2.16. The van der Waals surface area contributed by atoms with Crippen molar-refractivity contribution in [3.63, 3.8) is 0 Å². The van der Waals surface area contributed by atoms with Gasteiger partial charge in [0.15, 0.2) is 0 Å². The van der Waals surface area contributed by atoms with E-state index < -0.39 is 0 Å². The van der Waals surface area contributed by atoms with Gasteiger partial charge in [-0.25, -0.2) is 0 Å². The van der Waals surface area contributed by atoms with Crippen LogP contribution in [0.25, 0.3) is 0 Å². The molecule has 0 aliphatic carbocycles. The van der Waals surface area contributed by atoms with Crippen LogP contribution in [0.3, 0.4) is 0 Å². The van der Waals surface area contributed by atoms with Gasteiger partial charge >= 0.3 is 0 Å². The number of nitrogens with two attached hydrogens (primary N) is 1. The molecule has 80 valence electrons. The standard InChI is InChI=1S/C8H15N3O3/c1-10-7(12)2-11-8(13)5-3-14-4-6(5)9/h5-6H,2-4,9H2,1H3,(H,10,12)(H,11,13). The fourth-order valence-electron chi connectivity index (χ4n) is 1.23. The van der Waals surface area contributed by atoms with E-state index >= 15 is 0 Å². The second-order valence-corrected chi connectivity index (χ2v) is 3.20. The fraction of sp³-hybridized carbons (Fsp3) is 0.750. The summed E-state index contributed by atoms with van der Waals surface area (Å²) in [6.07, 6.45) is 0. The van der Waals surface area contributed by atoms with Crippen molar-refractivity contribution < 1.29 is 14.3 Å². The minimum atomic E-state index is -0.334. The second-order valence-electron chi connectivity index (χ2n) is 3.20. The van der Waals surface area contributed by atoms with Crippen LogP contribution in [-0.4, -0.2) is 44.7 Å². The monoisotopic (exact) mass is 201 g/mol. The molecular weight excluding hydrogens is 186 g/mol. The van der Waals surface area contributed by atoms with Gasteiger partial charge in [-0.3, -0.25) is 9.59 Å². The van der Waals surface area contributed by atoms with Crippen molar-refractivity contribution >= 4 is 11.8 Å². The number of nitrogens with one attached hydrogen (secondary N) is 2. The second kappa shape index (κ2) is 4.92.